The molecule has 35 heavy (non-hydrogen) atoms. The van der Waals surface area contributed by atoms with Gasteiger partial charge in [0.1, 0.15) is 5.75 Å². The molecule has 7 heteroatoms. The van der Waals surface area contributed by atoms with Crippen molar-refractivity contribution in [1.82, 2.24) is 14.0 Å². The molecule has 0 N–H and O–H groups in total. The molecule has 3 rings (SSSR count). The van der Waals surface area contributed by atoms with Gasteiger partial charge in [0.05, 0.1) is 18.8 Å². The van der Waals surface area contributed by atoms with Crippen LogP contribution < -0.4 is 10.4 Å². The van der Waals surface area contributed by atoms with Crippen molar-refractivity contribution in [2.75, 3.05) is 27.2 Å². The second-order valence-corrected chi connectivity index (χ2v) is 9.32. The van der Waals surface area contributed by atoms with Gasteiger partial charge in [0.25, 0.3) is 0 Å². The minimum absolute atomic E-state index is 0.120. The van der Waals surface area contributed by atoms with Crippen LogP contribution in [0, 0.1) is 6.92 Å². The van der Waals surface area contributed by atoms with Gasteiger partial charge in [-0.3, -0.25) is 9.13 Å². The first-order chi connectivity index (χ1) is 16.7. The number of nitrogens with zero attached hydrogens (tertiary/aromatic N) is 5. The Labute approximate surface area is 208 Å². The van der Waals surface area contributed by atoms with Gasteiger partial charge in [0, 0.05) is 19.2 Å². The van der Waals surface area contributed by atoms with E-state index < -0.39 is 0 Å². The molecule has 0 aliphatic heterocycles. The van der Waals surface area contributed by atoms with E-state index >= 15 is 0 Å². The van der Waals surface area contributed by atoms with Gasteiger partial charge in [0.15, 0.2) is 11.7 Å². The van der Waals surface area contributed by atoms with E-state index in [0.29, 0.717) is 30.7 Å². The molecule has 0 radical (unpaired) electrons. The average Bonchev–Trinajstić information content (AvgIpc) is 3.04. The maximum atomic E-state index is 13.1. The summed E-state index contributed by atoms with van der Waals surface area (Å²) in [6, 6.07) is 15.9. The van der Waals surface area contributed by atoms with E-state index in [4.69, 9.17) is 9.73 Å². The largest absolute Gasteiger partial charge is 0.494 e. The van der Waals surface area contributed by atoms with Crippen LogP contribution >= 0.6 is 0 Å². The lowest BCUT2D eigenvalue weighted by Gasteiger charge is -2.13. The third-order valence-corrected chi connectivity index (χ3v) is 6.07. The second kappa shape index (κ2) is 11.8. The molecule has 0 saturated heterocycles. The maximum absolute atomic E-state index is 13.1. The van der Waals surface area contributed by atoms with E-state index in [1.807, 2.05) is 49.4 Å². The molecule has 0 atom stereocenters. The van der Waals surface area contributed by atoms with E-state index in [-0.39, 0.29) is 5.69 Å². The van der Waals surface area contributed by atoms with Crippen LogP contribution in [0.1, 0.15) is 48.6 Å². The van der Waals surface area contributed by atoms with Gasteiger partial charge in [-0.2, -0.15) is 0 Å². The first kappa shape index (κ1) is 26.2. The molecule has 0 aliphatic carbocycles. The van der Waals surface area contributed by atoms with Crippen LogP contribution in [0.4, 0.5) is 5.82 Å². The molecule has 3 aromatic rings. The number of hydrogen-bond donors (Lipinski definition) is 0. The van der Waals surface area contributed by atoms with E-state index in [1.54, 1.807) is 16.2 Å². The second-order valence-electron chi connectivity index (χ2n) is 9.32. The molecule has 0 spiro atoms. The van der Waals surface area contributed by atoms with Gasteiger partial charge in [-0.25, -0.2) is 14.8 Å². The van der Waals surface area contributed by atoms with Crippen LogP contribution in [0.25, 0.3) is 0 Å². The summed E-state index contributed by atoms with van der Waals surface area (Å²) in [5, 5.41) is 0. The van der Waals surface area contributed by atoms with Crippen molar-refractivity contribution >= 4 is 18.4 Å². The predicted molar refractivity (Wildman–Crippen MR) is 145 cm³/mol. The van der Waals surface area contributed by atoms with Crippen LogP contribution in [0.15, 0.2) is 63.3 Å². The molecular formula is C28H37N5O2. The zero-order valence-corrected chi connectivity index (χ0v) is 21.8. The lowest BCUT2D eigenvalue weighted by atomic mass is 9.96. The molecule has 1 heterocycles. The monoisotopic (exact) mass is 475 g/mol. The molecule has 7 nitrogen and oxygen atoms in total. The fraction of sp³-hybridized carbons (Fsp3) is 0.393. The zero-order valence-electron chi connectivity index (χ0n) is 21.8. The quantitative estimate of drug-likeness (QED) is 0.241. The summed E-state index contributed by atoms with van der Waals surface area (Å²) < 4.78 is 9.15. The number of imidazole rings is 1. The number of aromatic nitrogens is 2. The third kappa shape index (κ3) is 6.36. The van der Waals surface area contributed by atoms with Gasteiger partial charge in [-0.15, -0.1) is 0 Å². The van der Waals surface area contributed by atoms with E-state index in [2.05, 4.69) is 50.6 Å². The highest BCUT2D eigenvalue weighted by molar-refractivity contribution is 6.04. The van der Waals surface area contributed by atoms with Crippen LogP contribution in [-0.2, 0) is 13.6 Å². The van der Waals surface area contributed by atoms with Crippen molar-refractivity contribution in [3.8, 4) is 5.75 Å². The number of benzene rings is 2. The van der Waals surface area contributed by atoms with Gasteiger partial charge in [0.2, 0.25) is 0 Å². The van der Waals surface area contributed by atoms with Crippen LogP contribution in [-0.4, -0.2) is 53.8 Å². The van der Waals surface area contributed by atoms with Gasteiger partial charge in [-0.1, -0.05) is 50.2 Å². The normalized spacial score (nSPS) is 11.9. The molecule has 0 bridgehead atoms. The lowest BCUT2D eigenvalue weighted by Crippen LogP contribution is -2.23. The maximum Gasteiger partial charge on any atom is 0.330 e. The third-order valence-electron chi connectivity index (χ3n) is 6.07. The molecule has 0 aliphatic rings. The predicted octanol–water partition coefficient (Wildman–Crippen LogP) is 4.78. The molecule has 0 saturated carbocycles. The first-order valence-electron chi connectivity index (χ1n) is 12.0. The Hall–Kier alpha value is -3.45. The Kier molecular flexibility index (Phi) is 8.82. The van der Waals surface area contributed by atoms with Gasteiger partial charge in [-0.05, 0) is 63.3 Å². The standard InChI is InChI=1S/C28H37N5O2/c1-20(2)24-11-8-9-12-25(24)26(29-4)30-27-21(3)32(7)28(34)33(27)19-22-13-15-23(16-14-22)35-18-10-17-31(5)6/h8-9,11-16,20H,4,10,17-19H2,1-3,5-7H3. The summed E-state index contributed by atoms with van der Waals surface area (Å²) in [6.45, 7) is 12.0. The summed E-state index contributed by atoms with van der Waals surface area (Å²) in [5.74, 6) is 2.23. The highest BCUT2D eigenvalue weighted by Gasteiger charge is 2.17. The van der Waals surface area contributed by atoms with Crippen LogP contribution in [0.3, 0.4) is 0 Å². The number of hydrogen-bond acceptors (Lipinski definition) is 4. The zero-order chi connectivity index (χ0) is 25.5. The molecular weight excluding hydrogens is 438 g/mol. The highest BCUT2D eigenvalue weighted by Crippen LogP contribution is 2.25. The summed E-state index contributed by atoms with van der Waals surface area (Å²) in [7, 11) is 5.87. The molecule has 0 unspecified atom stereocenters. The average molecular weight is 476 g/mol. The molecule has 2 aromatic carbocycles. The Balaban J connectivity index is 1.90. The smallest absolute Gasteiger partial charge is 0.330 e. The number of amidine groups is 1. The topological polar surface area (TPSA) is 64.1 Å². The van der Waals surface area contributed by atoms with Crippen molar-refractivity contribution in [3.05, 3.63) is 81.4 Å². The molecule has 186 valence electrons. The highest BCUT2D eigenvalue weighted by atomic mass is 16.5. The van der Waals surface area contributed by atoms with Gasteiger partial charge < -0.3 is 9.64 Å². The minimum Gasteiger partial charge on any atom is -0.494 e. The van der Waals surface area contributed by atoms with Crippen molar-refractivity contribution in [1.29, 1.82) is 0 Å². The van der Waals surface area contributed by atoms with Gasteiger partial charge >= 0.3 is 5.69 Å². The lowest BCUT2D eigenvalue weighted by molar-refractivity contribution is 0.281. The fourth-order valence-electron chi connectivity index (χ4n) is 3.97. The van der Waals surface area contributed by atoms with Crippen molar-refractivity contribution < 1.29 is 4.74 Å². The Morgan fingerprint density at radius 3 is 2.43 bits per heavy atom. The SMILES string of the molecule is C=NC(=Nc1c(C)n(C)c(=O)n1Cc1ccc(OCCCN(C)C)cc1)c1ccccc1C(C)C. The number of aliphatic imine (C=N–C) groups is 2. The molecule has 0 fully saturated rings. The Morgan fingerprint density at radius 1 is 1.11 bits per heavy atom. The van der Waals surface area contributed by atoms with E-state index in [9.17, 15) is 4.79 Å². The Morgan fingerprint density at radius 2 is 1.80 bits per heavy atom. The minimum atomic E-state index is -0.120. The molecule has 0 amide bonds. The van der Waals surface area contributed by atoms with Crippen LogP contribution in [0.5, 0.6) is 5.75 Å². The summed E-state index contributed by atoms with van der Waals surface area (Å²) >= 11 is 0. The van der Waals surface area contributed by atoms with E-state index in [1.165, 1.54) is 0 Å². The number of rotatable bonds is 10. The van der Waals surface area contributed by atoms with E-state index in [0.717, 1.165) is 41.1 Å². The Bertz CT molecular complexity index is 1230. The molecule has 1 aromatic heterocycles. The van der Waals surface area contributed by atoms with Crippen molar-refractivity contribution in [2.24, 2.45) is 17.0 Å². The fourth-order valence-corrected chi connectivity index (χ4v) is 3.97. The first-order valence-corrected chi connectivity index (χ1v) is 12.0. The van der Waals surface area contributed by atoms with Crippen LogP contribution in [0.2, 0.25) is 0 Å². The summed E-state index contributed by atoms with van der Waals surface area (Å²) in [6.07, 6.45) is 0.967. The summed E-state index contributed by atoms with van der Waals surface area (Å²) in [5.41, 5.74) is 3.72. The number of ether oxygens (including phenoxy) is 1. The summed E-state index contributed by atoms with van der Waals surface area (Å²) in [4.78, 5) is 24.3. The van der Waals surface area contributed by atoms with Crippen molar-refractivity contribution in [2.45, 2.75) is 39.7 Å². The van der Waals surface area contributed by atoms with Crippen molar-refractivity contribution in [3.63, 3.8) is 0 Å².